The number of ether oxygens (including phenoxy) is 1. The van der Waals surface area contributed by atoms with Gasteiger partial charge in [-0.05, 0) is 32.4 Å². The Bertz CT molecular complexity index is 1160. The molecule has 2 aromatic heterocycles. The van der Waals surface area contributed by atoms with Gasteiger partial charge < -0.3 is 26.9 Å². The van der Waals surface area contributed by atoms with E-state index in [4.69, 9.17) is 21.9 Å². The summed E-state index contributed by atoms with van der Waals surface area (Å²) in [6.45, 7) is 4.20. The van der Waals surface area contributed by atoms with Crippen LogP contribution in [0.25, 0.3) is 11.0 Å². The highest BCUT2D eigenvalue weighted by Crippen LogP contribution is 2.28. The zero-order valence-electron chi connectivity index (χ0n) is 17.2. The van der Waals surface area contributed by atoms with Crippen molar-refractivity contribution in [1.82, 2.24) is 19.7 Å². The first kappa shape index (κ1) is 21.6. The van der Waals surface area contributed by atoms with Crippen molar-refractivity contribution in [1.29, 1.82) is 0 Å². The number of aromatic amines is 1. The molecule has 12 heteroatoms. The van der Waals surface area contributed by atoms with Gasteiger partial charge >= 0.3 is 0 Å². The molecule has 31 heavy (non-hydrogen) atoms. The molecule has 0 aliphatic heterocycles. The van der Waals surface area contributed by atoms with Gasteiger partial charge in [-0.3, -0.25) is 24.4 Å². The third-order valence-corrected chi connectivity index (χ3v) is 4.58. The fourth-order valence-corrected chi connectivity index (χ4v) is 3.06. The topological polar surface area (TPSA) is 197 Å². The first-order valence-electron chi connectivity index (χ1n) is 9.60. The number of imidazole rings is 1. The van der Waals surface area contributed by atoms with Crippen LogP contribution in [0.2, 0.25) is 0 Å². The highest BCUT2D eigenvalue weighted by Gasteiger charge is 2.21. The molecule has 0 aliphatic rings. The van der Waals surface area contributed by atoms with E-state index in [9.17, 15) is 14.4 Å². The van der Waals surface area contributed by atoms with Crippen molar-refractivity contribution in [2.75, 3.05) is 17.7 Å². The lowest BCUT2D eigenvalue weighted by atomic mass is 10.1. The predicted molar refractivity (Wildman–Crippen MR) is 114 cm³/mol. The predicted octanol–water partition coefficient (Wildman–Crippen LogP) is 0.665. The SMILES string of the molecule is CCn1nc(C)c(N)c1C(=O)Nc1nc2c(OCCCC(N)=O)cc(C(N)=O)cc2[nH]1. The number of hydrogen-bond donors (Lipinski definition) is 5. The Kier molecular flexibility index (Phi) is 6.09. The molecule has 164 valence electrons. The summed E-state index contributed by atoms with van der Waals surface area (Å²) in [5, 5.41) is 6.88. The van der Waals surface area contributed by atoms with Crippen LogP contribution in [0.1, 0.15) is 46.3 Å². The molecule has 0 radical (unpaired) electrons. The number of aryl methyl sites for hydroxylation is 2. The van der Waals surface area contributed by atoms with Gasteiger partial charge in [0.25, 0.3) is 5.91 Å². The van der Waals surface area contributed by atoms with Crippen molar-refractivity contribution in [2.24, 2.45) is 11.5 Å². The number of H-pyrrole nitrogens is 1. The molecule has 3 rings (SSSR count). The normalized spacial score (nSPS) is 10.9. The second-order valence-corrected chi connectivity index (χ2v) is 6.86. The molecule has 0 spiro atoms. The van der Waals surface area contributed by atoms with Gasteiger partial charge in [-0.1, -0.05) is 0 Å². The average molecular weight is 428 g/mol. The van der Waals surface area contributed by atoms with E-state index in [1.807, 2.05) is 6.92 Å². The smallest absolute Gasteiger partial charge is 0.278 e. The standard InChI is InChI=1S/C19H24N8O4/c1-3-27-16(14(21)9(2)26-27)18(30)25-19-23-11-7-10(17(22)29)8-12(15(11)24-19)31-6-4-5-13(20)28/h7-8H,3-6,21H2,1-2H3,(H2,20,28)(H2,22,29)(H2,23,24,25,30). The number of hydrogen-bond acceptors (Lipinski definition) is 7. The van der Waals surface area contributed by atoms with E-state index in [1.165, 1.54) is 16.8 Å². The van der Waals surface area contributed by atoms with E-state index in [2.05, 4.69) is 20.4 Å². The first-order chi connectivity index (χ1) is 14.7. The fraction of sp³-hybridized carbons (Fsp3) is 0.316. The minimum atomic E-state index is -0.654. The van der Waals surface area contributed by atoms with Crippen molar-refractivity contribution >= 4 is 40.4 Å². The van der Waals surface area contributed by atoms with Crippen LogP contribution in [0, 0.1) is 6.92 Å². The number of rotatable bonds is 9. The Balaban J connectivity index is 1.90. The summed E-state index contributed by atoms with van der Waals surface area (Å²) < 4.78 is 7.18. The largest absolute Gasteiger partial charge is 0.491 e. The summed E-state index contributed by atoms with van der Waals surface area (Å²) in [6, 6.07) is 2.96. The van der Waals surface area contributed by atoms with Crippen LogP contribution in [0.3, 0.4) is 0 Å². The molecule has 8 N–H and O–H groups in total. The van der Waals surface area contributed by atoms with Crippen molar-refractivity contribution < 1.29 is 19.1 Å². The second-order valence-electron chi connectivity index (χ2n) is 6.86. The highest BCUT2D eigenvalue weighted by molar-refractivity contribution is 6.07. The Hall–Kier alpha value is -4.09. The number of anilines is 2. The monoisotopic (exact) mass is 428 g/mol. The van der Waals surface area contributed by atoms with Gasteiger partial charge in [-0.15, -0.1) is 0 Å². The molecular formula is C19H24N8O4. The van der Waals surface area contributed by atoms with E-state index < -0.39 is 17.7 Å². The van der Waals surface area contributed by atoms with E-state index in [-0.39, 0.29) is 41.7 Å². The Labute approximate surface area is 177 Å². The number of carbonyl (C=O) groups excluding carboxylic acids is 3. The van der Waals surface area contributed by atoms with Crippen LogP contribution in [0.5, 0.6) is 5.75 Å². The van der Waals surface area contributed by atoms with Gasteiger partial charge in [-0.2, -0.15) is 5.10 Å². The zero-order chi connectivity index (χ0) is 22.7. The fourth-order valence-electron chi connectivity index (χ4n) is 3.06. The lowest BCUT2D eigenvalue weighted by Crippen LogP contribution is -2.19. The summed E-state index contributed by atoms with van der Waals surface area (Å²) >= 11 is 0. The van der Waals surface area contributed by atoms with Crippen molar-refractivity contribution in [3.05, 3.63) is 29.1 Å². The molecule has 2 heterocycles. The number of aromatic nitrogens is 4. The average Bonchev–Trinajstić information content (AvgIpc) is 3.24. The van der Waals surface area contributed by atoms with Crippen LogP contribution in [0.15, 0.2) is 12.1 Å². The summed E-state index contributed by atoms with van der Waals surface area (Å²) in [5.41, 5.74) is 18.6. The van der Waals surface area contributed by atoms with Crippen LogP contribution in [-0.4, -0.2) is 44.1 Å². The number of benzene rings is 1. The minimum Gasteiger partial charge on any atom is -0.491 e. The summed E-state index contributed by atoms with van der Waals surface area (Å²) in [5.74, 6) is -1.17. The van der Waals surface area contributed by atoms with Crippen LogP contribution in [-0.2, 0) is 11.3 Å². The highest BCUT2D eigenvalue weighted by atomic mass is 16.5. The quantitative estimate of drug-likeness (QED) is 0.308. The van der Waals surface area contributed by atoms with Crippen molar-refractivity contribution in [3.63, 3.8) is 0 Å². The number of carbonyl (C=O) groups is 3. The summed E-state index contributed by atoms with van der Waals surface area (Å²) in [7, 11) is 0. The number of nitrogens with zero attached hydrogens (tertiary/aromatic N) is 3. The molecule has 0 saturated carbocycles. The molecule has 0 aliphatic carbocycles. The molecule has 0 unspecified atom stereocenters. The Morgan fingerprint density at radius 3 is 2.65 bits per heavy atom. The number of nitrogens with one attached hydrogen (secondary N) is 2. The molecule has 0 saturated heterocycles. The molecular weight excluding hydrogens is 404 g/mol. The number of fused-ring (bicyclic) bond motifs is 1. The number of primary amides is 2. The van der Waals surface area contributed by atoms with E-state index >= 15 is 0 Å². The van der Waals surface area contributed by atoms with E-state index in [0.717, 1.165) is 0 Å². The van der Waals surface area contributed by atoms with E-state index in [0.29, 0.717) is 29.7 Å². The summed E-state index contributed by atoms with van der Waals surface area (Å²) in [6.07, 6.45) is 0.553. The molecule has 12 nitrogen and oxygen atoms in total. The lowest BCUT2D eigenvalue weighted by Gasteiger charge is -2.07. The maximum atomic E-state index is 12.8. The number of amides is 3. The Morgan fingerprint density at radius 2 is 2.00 bits per heavy atom. The van der Waals surface area contributed by atoms with Gasteiger partial charge in [-0.25, -0.2) is 4.98 Å². The molecule has 3 aromatic rings. The minimum absolute atomic E-state index is 0.129. The lowest BCUT2D eigenvalue weighted by molar-refractivity contribution is -0.118. The second kappa shape index (κ2) is 8.73. The maximum Gasteiger partial charge on any atom is 0.278 e. The zero-order valence-corrected chi connectivity index (χ0v) is 17.2. The first-order valence-corrected chi connectivity index (χ1v) is 9.60. The van der Waals surface area contributed by atoms with Gasteiger partial charge in [0, 0.05) is 18.5 Å². The van der Waals surface area contributed by atoms with Crippen molar-refractivity contribution in [3.8, 4) is 5.75 Å². The molecule has 0 fully saturated rings. The van der Waals surface area contributed by atoms with Crippen LogP contribution < -0.4 is 27.3 Å². The molecule has 0 bridgehead atoms. The third-order valence-electron chi connectivity index (χ3n) is 4.58. The van der Waals surface area contributed by atoms with Crippen LogP contribution in [0.4, 0.5) is 11.6 Å². The molecule has 3 amide bonds. The number of nitrogens with two attached hydrogens (primary N) is 3. The molecule has 0 atom stereocenters. The van der Waals surface area contributed by atoms with E-state index in [1.54, 1.807) is 6.92 Å². The number of nitrogen functional groups attached to an aromatic ring is 1. The van der Waals surface area contributed by atoms with Gasteiger partial charge in [0.1, 0.15) is 17.0 Å². The van der Waals surface area contributed by atoms with Gasteiger partial charge in [0.15, 0.2) is 0 Å². The van der Waals surface area contributed by atoms with Crippen LogP contribution >= 0.6 is 0 Å². The van der Waals surface area contributed by atoms with Crippen molar-refractivity contribution in [2.45, 2.75) is 33.2 Å². The Morgan fingerprint density at radius 1 is 1.26 bits per heavy atom. The summed E-state index contributed by atoms with van der Waals surface area (Å²) in [4.78, 5) is 42.6. The third kappa shape index (κ3) is 4.57. The maximum absolute atomic E-state index is 12.8. The van der Waals surface area contributed by atoms with Gasteiger partial charge in [0.05, 0.1) is 23.5 Å². The van der Waals surface area contributed by atoms with Gasteiger partial charge in [0.2, 0.25) is 17.8 Å². The molecule has 1 aromatic carbocycles.